The molecule has 1 fully saturated rings. The minimum Gasteiger partial charge on any atom is -0.390 e. The number of nitrogens with two attached hydrogens (primary N) is 2. The number of amides is 1. The van der Waals surface area contributed by atoms with E-state index in [2.05, 4.69) is 20.2 Å². The number of pyridine rings is 2. The number of thiophene rings is 1. The fraction of sp³-hybridized carbons (Fsp3) is 0.278. The van der Waals surface area contributed by atoms with Crippen molar-refractivity contribution in [3.8, 4) is 0 Å². The van der Waals surface area contributed by atoms with Gasteiger partial charge in [-0.1, -0.05) is 11.6 Å². The number of anilines is 3. The summed E-state index contributed by atoms with van der Waals surface area (Å²) in [5.41, 5.74) is 14.6. The maximum Gasteiger partial charge on any atom is 0.260 e. The summed E-state index contributed by atoms with van der Waals surface area (Å²) in [7, 11) is 0. The lowest BCUT2D eigenvalue weighted by molar-refractivity contribution is 0.102. The van der Waals surface area contributed by atoms with Crippen LogP contribution in [0.4, 0.5) is 16.4 Å². The Labute approximate surface area is 165 Å². The second kappa shape index (κ2) is 7.30. The van der Waals surface area contributed by atoms with Gasteiger partial charge >= 0.3 is 0 Å². The van der Waals surface area contributed by atoms with Gasteiger partial charge in [-0.3, -0.25) is 9.78 Å². The maximum atomic E-state index is 13.0. The third-order valence-corrected chi connectivity index (χ3v) is 5.78. The predicted octanol–water partition coefficient (Wildman–Crippen LogP) is 3.11. The first-order valence-corrected chi connectivity index (χ1v) is 9.83. The van der Waals surface area contributed by atoms with Gasteiger partial charge in [0.15, 0.2) is 0 Å². The Morgan fingerprint density at radius 3 is 3.04 bits per heavy atom. The average Bonchev–Trinajstić information content (AvgIpc) is 2.97. The van der Waals surface area contributed by atoms with Crippen LogP contribution in [-0.2, 0) is 0 Å². The normalized spacial score (nSPS) is 17.3. The van der Waals surface area contributed by atoms with Crippen LogP contribution >= 0.6 is 22.9 Å². The summed E-state index contributed by atoms with van der Waals surface area (Å²) in [6.07, 6.45) is 5.37. The van der Waals surface area contributed by atoms with Crippen LogP contribution in [0, 0.1) is 0 Å². The van der Waals surface area contributed by atoms with Gasteiger partial charge in [-0.2, -0.15) is 0 Å². The molecule has 0 aromatic carbocycles. The number of hydrogen-bond donors (Lipinski definition) is 3. The number of nitrogen functional groups attached to an aromatic ring is 1. The highest BCUT2D eigenvalue weighted by Gasteiger charge is 2.23. The first-order valence-electron chi connectivity index (χ1n) is 8.63. The van der Waals surface area contributed by atoms with E-state index in [1.807, 2.05) is 12.1 Å². The molecule has 0 bridgehead atoms. The van der Waals surface area contributed by atoms with Crippen LogP contribution in [0.1, 0.15) is 23.2 Å². The van der Waals surface area contributed by atoms with Gasteiger partial charge in [-0.25, -0.2) is 4.98 Å². The summed E-state index contributed by atoms with van der Waals surface area (Å²) in [5, 5.41) is 3.66. The molecule has 7 nitrogen and oxygen atoms in total. The summed E-state index contributed by atoms with van der Waals surface area (Å²) < 4.78 is 0.815. The number of piperidine rings is 1. The number of fused-ring (bicyclic) bond motifs is 1. The molecule has 140 valence electrons. The highest BCUT2D eigenvalue weighted by molar-refractivity contribution is 7.23. The molecule has 27 heavy (non-hydrogen) atoms. The molecule has 0 radical (unpaired) electrons. The number of aromatic nitrogens is 2. The third kappa shape index (κ3) is 3.55. The molecule has 0 spiro atoms. The summed E-state index contributed by atoms with van der Waals surface area (Å²) in [4.78, 5) is 23.6. The largest absolute Gasteiger partial charge is 0.390 e. The van der Waals surface area contributed by atoms with Crippen LogP contribution in [0.5, 0.6) is 0 Å². The van der Waals surface area contributed by atoms with Crippen molar-refractivity contribution in [2.75, 3.05) is 29.0 Å². The molecule has 1 amide bonds. The summed E-state index contributed by atoms with van der Waals surface area (Å²) in [6.45, 7) is 1.63. The van der Waals surface area contributed by atoms with Crippen LogP contribution in [0.25, 0.3) is 10.2 Å². The standard InChI is InChI=1S/C18H19ClN6OS/c19-14-4-3-13-16(24-14)15(17(21)27-13)18(26)23-11-8-22-6-5-12(11)25-7-1-2-10(20)9-25/h3-6,8,10H,1-2,7,9,20-21H2,(H,23,26)/t10-/m0/s1. The van der Waals surface area contributed by atoms with Crippen molar-refractivity contribution < 1.29 is 4.79 Å². The molecule has 0 unspecified atom stereocenters. The number of carbonyl (C=O) groups excluding carboxylic acids is 1. The molecule has 5 N–H and O–H groups in total. The zero-order chi connectivity index (χ0) is 19.0. The monoisotopic (exact) mass is 402 g/mol. The molecule has 4 rings (SSSR count). The number of carbonyl (C=O) groups is 1. The topological polar surface area (TPSA) is 110 Å². The quantitative estimate of drug-likeness (QED) is 0.580. The van der Waals surface area contributed by atoms with Gasteiger partial charge in [0.2, 0.25) is 0 Å². The molecule has 1 atom stereocenters. The number of hydrogen-bond acceptors (Lipinski definition) is 7. The minimum absolute atomic E-state index is 0.123. The molecule has 3 aromatic heterocycles. The van der Waals surface area contributed by atoms with E-state index in [0.29, 0.717) is 26.9 Å². The van der Waals surface area contributed by atoms with E-state index in [4.69, 9.17) is 23.1 Å². The Balaban J connectivity index is 1.66. The molecule has 0 aliphatic carbocycles. The lowest BCUT2D eigenvalue weighted by atomic mass is 10.1. The molecule has 3 aromatic rings. The predicted molar refractivity (Wildman–Crippen MR) is 111 cm³/mol. The molecular formula is C18H19ClN6OS. The molecule has 0 saturated carbocycles. The lowest BCUT2D eigenvalue weighted by Crippen LogP contribution is -2.43. The number of nitrogens with one attached hydrogen (secondary N) is 1. The van der Waals surface area contributed by atoms with Gasteiger partial charge in [0, 0.05) is 25.3 Å². The zero-order valence-corrected chi connectivity index (χ0v) is 16.1. The van der Waals surface area contributed by atoms with E-state index in [9.17, 15) is 4.79 Å². The van der Waals surface area contributed by atoms with Gasteiger partial charge in [0.1, 0.15) is 15.7 Å². The van der Waals surface area contributed by atoms with Crippen molar-refractivity contribution in [1.82, 2.24) is 9.97 Å². The number of halogens is 1. The van der Waals surface area contributed by atoms with Crippen molar-refractivity contribution in [3.63, 3.8) is 0 Å². The van der Waals surface area contributed by atoms with Crippen LogP contribution in [0.2, 0.25) is 5.15 Å². The van der Waals surface area contributed by atoms with Crippen LogP contribution < -0.4 is 21.7 Å². The number of rotatable bonds is 3. The summed E-state index contributed by atoms with van der Waals surface area (Å²) in [5.74, 6) is -0.330. The third-order valence-electron chi connectivity index (χ3n) is 4.60. The van der Waals surface area contributed by atoms with Crippen LogP contribution in [-0.4, -0.2) is 35.0 Å². The van der Waals surface area contributed by atoms with E-state index in [-0.39, 0.29) is 11.9 Å². The molecule has 9 heteroatoms. The van der Waals surface area contributed by atoms with E-state index < -0.39 is 0 Å². The molecular weight excluding hydrogens is 384 g/mol. The van der Waals surface area contributed by atoms with E-state index in [1.165, 1.54) is 11.3 Å². The highest BCUT2D eigenvalue weighted by Crippen LogP contribution is 2.34. The first-order chi connectivity index (χ1) is 13.0. The molecule has 1 aliphatic heterocycles. The average molecular weight is 403 g/mol. The second-order valence-electron chi connectivity index (χ2n) is 6.52. The Bertz CT molecular complexity index is 1010. The zero-order valence-electron chi connectivity index (χ0n) is 14.5. The molecule has 1 saturated heterocycles. The highest BCUT2D eigenvalue weighted by atomic mass is 35.5. The Morgan fingerprint density at radius 2 is 2.22 bits per heavy atom. The molecule has 1 aliphatic rings. The SMILES string of the molecule is Nc1sc2ccc(Cl)nc2c1C(=O)Nc1cnccc1N1CCC[C@H](N)C1. The van der Waals surface area contributed by atoms with Crippen molar-refractivity contribution in [3.05, 3.63) is 41.3 Å². The fourth-order valence-electron chi connectivity index (χ4n) is 3.36. The second-order valence-corrected chi connectivity index (χ2v) is 7.99. The summed E-state index contributed by atoms with van der Waals surface area (Å²) in [6, 6.07) is 5.50. The van der Waals surface area contributed by atoms with E-state index >= 15 is 0 Å². The van der Waals surface area contributed by atoms with E-state index in [1.54, 1.807) is 18.5 Å². The van der Waals surface area contributed by atoms with Gasteiger partial charge < -0.3 is 21.7 Å². The Kier molecular flexibility index (Phi) is 4.86. The van der Waals surface area contributed by atoms with Gasteiger partial charge in [-0.05, 0) is 31.0 Å². The van der Waals surface area contributed by atoms with Crippen molar-refractivity contribution >= 4 is 55.4 Å². The fourth-order valence-corrected chi connectivity index (χ4v) is 4.42. The minimum atomic E-state index is -0.330. The van der Waals surface area contributed by atoms with E-state index in [0.717, 1.165) is 36.3 Å². The maximum absolute atomic E-state index is 13.0. The Hall–Kier alpha value is -2.42. The van der Waals surface area contributed by atoms with Crippen LogP contribution in [0.3, 0.4) is 0 Å². The van der Waals surface area contributed by atoms with Gasteiger partial charge in [0.25, 0.3) is 5.91 Å². The van der Waals surface area contributed by atoms with Crippen molar-refractivity contribution in [2.24, 2.45) is 5.73 Å². The lowest BCUT2D eigenvalue weighted by Gasteiger charge is -2.33. The smallest absolute Gasteiger partial charge is 0.260 e. The van der Waals surface area contributed by atoms with Gasteiger partial charge in [0.05, 0.1) is 27.8 Å². The van der Waals surface area contributed by atoms with Gasteiger partial charge in [-0.15, -0.1) is 11.3 Å². The molecule has 4 heterocycles. The Morgan fingerprint density at radius 1 is 1.37 bits per heavy atom. The first kappa shape index (κ1) is 18.0. The summed E-state index contributed by atoms with van der Waals surface area (Å²) >= 11 is 7.31. The van der Waals surface area contributed by atoms with Crippen molar-refractivity contribution in [1.29, 1.82) is 0 Å². The van der Waals surface area contributed by atoms with Crippen molar-refractivity contribution in [2.45, 2.75) is 18.9 Å². The van der Waals surface area contributed by atoms with Crippen LogP contribution in [0.15, 0.2) is 30.6 Å². The number of nitrogens with zero attached hydrogens (tertiary/aromatic N) is 3.